The van der Waals surface area contributed by atoms with Crippen LogP contribution in [0, 0.1) is 0 Å². The van der Waals surface area contributed by atoms with E-state index >= 15 is 0 Å². The number of fused-ring (bicyclic) bond motifs is 1. The van der Waals surface area contributed by atoms with Crippen molar-refractivity contribution in [3.05, 3.63) is 66.9 Å². The average Bonchev–Trinajstić information content (AvgIpc) is 3.26. The Morgan fingerprint density at radius 1 is 1.26 bits per heavy atom. The molecule has 1 aliphatic rings. The predicted molar refractivity (Wildman–Crippen MR) is 119 cm³/mol. The van der Waals surface area contributed by atoms with Crippen LogP contribution in [0.3, 0.4) is 0 Å². The second-order valence-corrected chi connectivity index (χ2v) is 7.24. The van der Waals surface area contributed by atoms with Crippen molar-refractivity contribution in [2.24, 2.45) is 0 Å². The molecule has 2 heterocycles. The van der Waals surface area contributed by atoms with E-state index in [9.17, 15) is 9.59 Å². The van der Waals surface area contributed by atoms with E-state index in [0.717, 1.165) is 17.3 Å². The zero-order valence-electron chi connectivity index (χ0n) is 17.2. The van der Waals surface area contributed by atoms with Gasteiger partial charge in [0.25, 0.3) is 5.91 Å². The first-order valence-corrected chi connectivity index (χ1v) is 9.96. The molecule has 2 N–H and O–H groups in total. The van der Waals surface area contributed by atoms with Crippen molar-refractivity contribution < 1.29 is 14.3 Å². The summed E-state index contributed by atoms with van der Waals surface area (Å²) >= 11 is 0. The van der Waals surface area contributed by atoms with E-state index in [-0.39, 0.29) is 17.9 Å². The zero-order chi connectivity index (χ0) is 21.8. The summed E-state index contributed by atoms with van der Waals surface area (Å²) in [6.45, 7) is 4.58. The van der Waals surface area contributed by atoms with E-state index in [1.165, 1.54) is 13.2 Å². The van der Waals surface area contributed by atoms with Crippen LogP contribution in [-0.2, 0) is 4.79 Å². The largest absolute Gasteiger partial charge is 0.496 e. The van der Waals surface area contributed by atoms with E-state index in [2.05, 4.69) is 27.2 Å². The van der Waals surface area contributed by atoms with Gasteiger partial charge in [0.15, 0.2) is 0 Å². The molecule has 1 unspecified atom stereocenters. The number of para-hydroxylation sites is 1. The number of nitrogens with zero attached hydrogens (tertiary/aromatic N) is 3. The Hall–Kier alpha value is -3.94. The van der Waals surface area contributed by atoms with Crippen LogP contribution >= 0.6 is 0 Å². The predicted octanol–water partition coefficient (Wildman–Crippen LogP) is 3.09. The molecule has 1 atom stereocenters. The Bertz CT molecular complexity index is 1150. The molecule has 31 heavy (non-hydrogen) atoms. The Kier molecular flexibility index (Phi) is 5.79. The normalized spacial score (nSPS) is 15.5. The molecule has 2 amide bonds. The van der Waals surface area contributed by atoms with Crippen molar-refractivity contribution in [3.8, 4) is 5.75 Å². The first-order chi connectivity index (χ1) is 15.1. The van der Waals surface area contributed by atoms with Crippen LogP contribution in [0.2, 0.25) is 0 Å². The Balaban J connectivity index is 1.44. The summed E-state index contributed by atoms with van der Waals surface area (Å²) in [5.41, 5.74) is 1.86. The monoisotopic (exact) mass is 417 g/mol. The molecule has 1 saturated heterocycles. The van der Waals surface area contributed by atoms with Gasteiger partial charge in [-0.2, -0.15) is 0 Å². The first kappa shape index (κ1) is 20.3. The number of likely N-dealkylation sites (tertiary alicyclic amines) is 1. The van der Waals surface area contributed by atoms with E-state index in [1.807, 2.05) is 24.3 Å². The number of ether oxygens (including phenoxy) is 1. The summed E-state index contributed by atoms with van der Waals surface area (Å²) in [6.07, 6.45) is 3.76. The molecule has 3 aromatic rings. The molecule has 0 bridgehead atoms. The van der Waals surface area contributed by atoms with Crippen molar-refractivity contribution in [2.45, 2.75) is 12.5 Å². The highest BCUT2D eigenvalue weighted by atomic mass is 16.5. The SMILES string of the molecule is C=CC(=O)Nc1ccc(C(=O)N2CCC(Nc3ncc4ccccc4n3)C2)c(OC)c1. The third-order valence-electron chi connectivity index (χ3n) is 5.18. The maximum Gasteiger partial charge on any atom is 0.257 e. The highest BCUT2D eigenvalue weighted by Gasteiger charge is 2.29. The standard InChI is InChI=1S/C23H23N5O3/c1-3-21(29)25-16-8-9-18(20(12-16)31-2)22(30)28-11-10-17(14-28)26-23-24-13-15-6-4-5-7-19(15)27-23/h3-9,12-13,17H,1,10-11,14H2,2H3,(H,25,29)(H,24,26,27). The lowest BCUT2D eigenvalue weighted by Gasteiger charge is -2.19. The Morgan fingerprint density at radius 2 is 2.10 bits per heavy atom. The number of carbonyl (C=O) groups is 2. The first-order valence-electron chi connectivity index (χ1n) is 9.96. The van der Waals surface area contributed by atoms with E-state index in [0.29, 0.717) is 36.0 Å². The maximum absolute atomic E-state index is 13.1. The van der Waals surface area contributed by atoms with Gasteiger partial charge in [-0.15, -0.1) is 0 Å². The van der Waals surface area contributed by atoms with Crippen molar-refractivity contribution >= 4 is 34.4 Å². The van der Waals surface area contributed by atoms with Gasteiger partial charge in [-0.25, -0.2) is 9.97 Å². The molecule has 1 aliphatic heterocycles. The van der Waals surface area contributed by atoms with Crippen LogP contribution in [0.15, 0.2) is 61.3 Å². The molecule has 158 valence electrons. The third kappa shape index (κ3) is 4.48. The third-order valence-corrected chi connectivity index (χ3v) is 5.18. The number of methoxy groups -OCH3 is 1. The van der Waals surface area contributed by atoms with Gasteiger partial charge in [-0.05, 0) is 30.7 Å². The lowest BCUT2D eigenvalue weighted by molar-refractivity contribution is -0.111. The van der Waals surface area contributed by atoms with Crippen molar-refractivity contribution in [1.29, 1.82) is 0 Å². The molecule has 8 nitrogen and oxygen atoms in total. The molecular formula is C23H23N5O3. The van der Waals surface area contributed by atoms with Crippen LogP contribution in [0.5, 0.6) is 5.75 Å². The molecule has 4 rings (SSSR count). The van der Waals surface area contributed by atoms with E-state index in [4.69, 9.17) is 4.74 Å². The van der Waals surface area contributed by atoms with Crippen LogP contribution in [0.1, 0.15) is 16.8 Å². The number of amides is 2. The fraction of sp³-hybridized carbons (Fsp3) is 0.217. The molecule has 0 spiro atoms. The second-order valence-electron chi connectivity index (χ2n) is 7.24. The minimum atomic E-state index is -0.328. The van der Waals surface area contributed by atoms with Gasteiger partial charge in [0.1, 0.15) is 5.75 Å². The van der Waals surface area contributed by atoms with Gasteiger partial charge in [0.2, 0.25) is 11.9 Å². The molecule has 0 aliphatic carbocycles. The summed E-state index contributed by atoms with van der Waals surface area (Å²) in [5.74, 6) is 0.506. The second kappa shape index (κ2) is 8.83. The molecule has 0 saturated carbocycles. The number of hydrogen-bond donors (Lipinski definition) is 2. The highest BCUT2D eigenvalue weighted by Crippen LogP contribution is 2.26. The summed E-state index contributed by atoms with van der Waals surface area (Å²) in [6, 6.07) is 12.8. The number of anilines is 2. The van der Waals surface area contributed by atoms with Gasteiger partial charge >= 0.3 is 0 Å². The Morgan fingerprint density at radius 3 is 2.90 bits per heavy atom. The number of carbonyl (C=O) groups excluding carboxylic acids is 2. The zero-order valence-corrected chi connectivity index (χ0v) is 17.2. The van der Waals surface area contributed by atoms with Gasteiger partial charge in [0.05, 0.1) is 18.2 Å². The number of rotatable bonds is 6. The maximum atomic E-state index is 13.1. The lowest BCUT2D eigenvalue weighted by atomic mass is 10.1. The number of nitrogens with one attached hydrogen (secondary N) is 2. The van der Waals surface area contributed by atoms with Crippen molar-refractivity contribution in [1.82, 2.24) is 14.9 Å². The summed E-state index contributed by atoms with van der Waals surface area (Å²) in [5, 5.41) is 6.98. The molecule has 1 aromatic heterocycles. The fourth-order valence-electron chi connectivity index (χ4n) is 3.60. The van der Waals surface area contributed by atoms with Crippen LogP contribution in [0.25, 0.3) is 10.9 Å². The quantitative estimate of drug-likeness (QED) is 0.599. The van der Waals surface area contributed by atoms with Gasteiger partial charge in [-0.3, -0.25) is 9.59 Å². The summed E-state index contributed by atoms with van der Waals surface area (Å²) < 4.78 is 5.39. The molecule has 0 radical (unpaired) electrons. The van der Waals surface area contributed by atoms with Crippen molar-refractivity contribution in [3.63, 3.8) is 0 Å². The molecule has 1 fully saturated rings. The fourth-order valence-corrected chi connectivity index (χ4v) is 3.60. The van der Waals surface area contributed by atoms with Crippen molar-refractivity contribution in [2.75, 3.05) is 30.8 Å². The van der Waals surface area contributed by atoms with E-state index < -0.39 is 0 Å². The van der Waals surface area contributed by atoms with Crippen LogP contribution < -0.4 is 15.4 Å². The molecule has 8 heteroatoms. The highest BCUT2D eigenvalue weighted by molar-refractivity contribution is 6.01. The number of aromatic nitrogens is 2. The Labute approximate surface area is 179 Å². The average molecular weight is 417 g/mol. The summed E-state index contributed by atoms with van der Waals surface area (Å²) in [7, 11) is 1.50. The topological polar surface area (TPSA) is 96.5 Å². The molecule has 2 aromatic carbocycles. The lowest BCUT2D eigenvalue weighted by Crippen LogP contribution is -2.32. The summed E-state index contributed by atoms with van der Waals surface area (Å²) in [4.78, 5) is 35.3. The van der Waals surface area contributed by atoms with Crippen LogP contribution in [0.4, 0.5) is 11.6 Å². The van der Waals surface area contributed by atoms with Crippen LogP contribution in [-0.4, -0.2) is 52.9 Å². The smallest absolute Gasteiger partial charge is 0.257 e. The minimum absolute atomic E-state index is 0.0576. The van der Waals surface area contributed by atoms with Gasteiger partial charge < -0.3 is 20.3 Å². The van der Waals surface area contributed by atoms with Gasteiger partial charge in [-0.1, -0.05) is 24.8 Å². The van der Waals surface area contributed by atoms with E-state index in [1.54, 1.807) is 29.3 Å². The van der Waals surface area contributed by atoms with Gasteiger partial charge in [0, 0.05) is 42.5 Å². The minimum Gasteiger partial charge on any atom is -0.496 e. The number of benzene rings is 2. The molecular weight excluding hydrogens is 394 g/mol. The number of hydrogen-bond acceptors (Lipinski definition) is 6.